The van der Waals surface area contributed by atoms with Crippen molar-refractivity contribution in [1.82, 2.24) is 0 Å². The molecule has 206 valence electrons. The van der Waals surface area contributed by atoms with Crippen LogP contribution >= 0.6 is 8.60 Å². The first-order chi connectivity index (χ1) is 16.8. The molecule has 0 bridgehead atoms. The lowest BCUT2D eigenvalue weighted by molar-refractivity contribution is 0.368. The molecule has 0 saturated carbocycles. The Labute approximate surface area is 223 Å². The predicted octanol–water partition coefficient (Wildman–Crippen LogP) is 7.26. The first-order valence-electron chi connectivity index (χ1n) is 12.0. The van der Waals surface area contributed by atoms with Gasteiger partial charge in [0.05, 0.1) is 0 Å². The van der Waals surface area contributed by atoms with E-state index in [4.69, 9.17) is 14.7 Å². The first kappa shape index (κ1) is 34.4. The van der Waals surface area contributed by atoms with E-state index in [9.17, 15) is 15.3 Å². The van der Waals surface area contributed by atoms with Gasteiger partial charge in [0, 0.05) is 0 Å². The van der Waals surface area contributed by atoms with E-state index in [2.05, 4.69) is 62.3 Å². The number of hydrogen-bond donors (Lipinski definition) is 6. The molecule has 0 spiro atoms. The minimum Gasteiger partial charge on any atom is -0.508 e. The fraction of sp³-hybridized carbons (Fsp3) is 0.400. The summed E-state index contributed by atoms with van der Waals surface area (Å²) in [6.45, 7) is 18.8. The summed E-state index contributed by atoms with van der Waals surface area (Å²) in [5.41, 5.74) is 3.10. The molecule has 37 heavy (non-hydrogen) atoms. The number of rotatable bonds is 0. The minimum atomic E-state index is -2.62. The van der Waals surface area contributed by atoms with Crippen LogP contribution in [0.5, 0.6) is 17.2 Å². The summed E-state index contributed by atoms with van der Waals surface area (Å²) >= 11 is 0. The van der Waals surface area contributed by atoms with Crippen molar-refractivity contribution in [2.24, 2.45) is 0 Å². The van der Waals surface area contributed by atoms with Crippen molar-refractivity contribution in [2.45, 2.75) is 78.6 Å². The number of benzene rings is 3. The molecule has 0 aromatic heterocycles. The monoisotopic (exact) mass is 532 g/mol. The molecule has 3 aromatic carbocycles. The summed E-state index contributed by atoms with van der Waals surface area (Å²) in [6, 6.07) is 22.4. The topological polar surface area (TPSA) is 121 Å². The second-order valence-electron chi connectivity index (χ2n) is 11.6. The van der Waals surface area contributed by atoms with Crippen LogP contribution in [0.3, 0.4) is 0 Å². The van der Waals surface area contributed by atoms with Crippen molar-refractivity contribution < 1.29 is 30.0 Å². The molecule has 6 nitrogen and oxygen atoms in total. The Bertz CT molecular complexity index is 926. The molecule has 0 atom stereocenters. The number of hydrogen-bond acceptors (Lipinski definition) is 6. The lowest BCUT2D eigenvalue weighted by Gasteiger charge is -2.19. The molecule has 0 aliphatic rings. The summed E-state index contributed by atoms with van der Waals surface area (Å²) in [5, 5.41) is 28.3. The van der Waals surface area contributed by atoms with Crippen molar-refractivity contribution in [2.75, 3.05) is 0 Å². The van der Waals surface area contributed by atoms with Gasteiger partial charge >= 0.3 is 8.60 Å². The molecule has 6 N–H and O–H groups in total. The quantitative estimate of drug-likeness (QED) is 0.170. The Morgan fingerprint density at radius 3 is 0.676 bits per heavy atom. The lowest BCUT2D eigenvalue weighted by Crippen LogP contribution is -2.10. The third-order valence-corrected chi connectivity index (χ3v) is 5.14. The molecule has 0 heterocycles. The number of para-hydroxylation sites is 3. The number of phenols is 3. The molecule has 3 aromatic rings. The van der Waals surface area contributed by atoms with Crippen LogP contribution in [-0.2, 0) is 16.2 Å². The zero-order chi connectivity index (χ0) is 29.0. The van der Waals surface area contributed by atoms with Crippen LogP contribution in [0.1, 0.15) is 79.0 Å². The van der Waals surface area contributed by atoms with Crippen molar-refractivity contribution in [3.05, 3.63) is 89.5 Å². The third kappa shape index (κ3) is 14.0. The van der Waals surface area contributed by atoms with Crippen molar-refractivity contribution in [3.8, 4) is 17.2 Å². The lowest BCUT2D eigenvalue weighted by atomic mass is 9.86. The second kappa shape index (κ2) is 14.9. The molecular formula is C30H45O6P. The van der Waals surface area contributed by atoms with Crippen LogP contribution in [0.2, 0.25) is 0 Å². The Balaban J connectivity index is 0.000000490. The van der Waals surface area contributed by atoms with E-state index in [1.54, 1.807) is 18.2 Å². The minimum absolute atomic E-state index is 0.0331. The highest BCUT2D eigenvalue weighted by Gasteiger charge is 2.17. The molecule has 0 radical (unpaired) electrons. The smallest absolute Gasteiger partial charge is 0.324 e. The number of aromatic hydroxyl groups is 3. The van der Waals surface area contributed by atoms with E-state index >= 15 is 0 Å². The van der Waals surface area contributed by atoms with Gasteiger partial charge in [-0.05, 0) is 51.1 Å². The van der Waals surface area contributed by atoms with Crippen LogP contribution in [0.15, 0.2) is 72.8 Å². The van der Waals surface area contributed by atoms with Crippen molar-refractivity contribution in [1.29, 1.82) is 0 Å². The normalized spacial score (nSPS) is 11.3. The molecule has 0 aliphatic heterocycles. The van der Waals surface area contributed by atoms with Crippen molar-refractivity contribution in [3.63, 3.8) is 0 Å². The van der Waals surface area contributed by atoms with E-state index in [0.717, 1.165) is 16.7 Å². The van der Waals surface area contributed by atoms with E-state index in [-0.39, 0.29) is 16.2 Å². The standard InChI is InChI=1S/3C10H14O.H3O3P/c3*1-10(2,3)8-6-4-5-7-9(8)11;1-4(2)3/h3*4-7,11H,1-3H3;1-3H. The van der Waals surface area contributed by atoms with Crippen molar-refractivity contribution >= 4 is 8.60 Å². The van der Waals surface area contributed by atoms with Crippen LogP contribution in [-0.4, -0.2) is 30.0 Å². The van der Waals surface area contributed by atoms with E-state index < -0.39 is 8.60 Å². The maximum atomic E-state index is 9.45. The molecule has 3 rings (SSSR count). The molecular weight excluding hydrogens is 487 g/mol. The van der Waals surface area contributed by atoms with Crippen LogP contribution in [0.4, 0.5) is 0 Å². The summed E-state index contributed by atoms with van der Waals surface area (Å²) in [7, 11) is -2.62. The zero-order valence-corrected chi connectivity index (χ0v) is 24.5. The number of phenolic OH excluding ortho intramolecular Hbond substituents is 3. The fourth-order valence-corrected chi connectivity index (χ4v) is 3.32. The Morgan fingerprint density at radius 2 is 0.568 bits per heavy atom. The van der Waals surface area contributed by atoms with Gasteiger partial charge in [-0.1, -0.05) is 117 Å². The summed E-state index contributed by atoms with van der Waals surface area (Å²) in [4.78, 5) is 21.7. The Kier molecular flexibility index (Phi) is 13.9. The SMILES string of the molecule is CC(C)(C)c1ccccc1O.CC(C)(C)c1ccccc1O.CC(C)(C)c1ccccc1O.OP(O)O. The highest BCUT2D eigenvalue weighted by molar-refractivity contribution is 7.38. The van der Waals surface area contributed by atoms with Gasteiger partial charge < -0.3 is 30.0 Å². The van der Waals surface area contributed by atoms with Gasteiger partial charge in [0.1, 0.15) is 17.2 Å². The van der Waals surface area contributed by atoms with Crippen LogP contribution in [0, 0.1) is 0 Å². The Morgan fingerprint density at radius 1 is 0.405 bits per heavy atom. The zero-order valence-electron chi connectivity index (χ0n) is 23.6. The van der Waals surface area contributed by atoms with Gasteiger partial charge in [-0.15, -0.1) is 0 Å². The molecule has 0 aliphatic carbocycles. The highest BCUT2D eigenvalue weighted by atomic mass is 31.2. The molecule has 0 fully saturated rings. The maximum absolute atomic E-state index is 9.45. The highest BCUT2D eigenvalue weighted by Crippen LogP contribution is 2.31. The maximum Gasteiger partial charge on any atom is 0.324 e. The summed E-state index contributed by atoms with van der Waals surface area (Å²) in [5.74, 6) is 1.17. The van der Waals surface area contributed by atoms with Crippen LogP contribution < -0.4 is 0 Å². The molecule has 7 heteroatoms. The molecule has 0 amide bonds. The molecule has 0 unspecified atom stereocenters. The fourth-order valence-electron chi connectivity index (χ4n) is 3.32. The average Bonchev–Trinajstić information content (AvgIpc) is 2.73. The second-order valence-corrected chi connectivity index (χ2v) is 12.1. The van der Waals surface area contributed by atoms with Gasteiger partial charge in [-0.2, -0.15) is 0 Å². The van der Waals surface area contributed by atoms with Gasteiger partial charge in [0.25, 0.3) is 0 Å². The largest absolute Gasteiger partial charge is 0.508 e. The van der Waals surface area contributed by atoms with E-state index in [0.29, 0.717) is 17.2 Å². The average molecular weight is 533 g/mol. The van der Waals surface area contributed by atoms with Gasteiger partial charge in [0.2, 0.25) is 0 Å². The predicted molar refractivity (Wildman–Crippen MR) is 154 cm³/mol. The molecule has 0 saturated heterocycles. The van der Waals surface area contributed by atoms with E-state index in [1.165, 1.54) is 0 Å². The third-order valence-electron chi connectivity index (χ3n) is 5.14. The Hall–Kier alpha value is -2.63. The first-order valence-corrected chi connectivity index (χ1v) is 13.2. The van der Waals surface area contributed by atoms with Gasteiger partial charge in [-0.3, -0.25) is 0 Å². The summed E-state index contributed by atoms with van der Waals surface area (Å²) in [6.07, 6.45) is 0. The van der Waals surface area contributed by atoms with E-state index in [1.807, 2.05) is 54.6 Å². The van der Waals surface area contributed by atoms with Gasteiger partial charge in [0.15, 0.2) is 0 Å². The van der Waals surface area contributed by atoms with Crippen LogP contribution in [0.25, 0.3) is 0 Å². The summed E-state index contributed by atoms with van der Waals surface area (Å²) < 4.78 is 0. The van der Waals surface area contributed by atoms with Gasteiger partial charge in [-0.25, -0.2) is 0 Å².